The van der Waals surface area contributed by atoms with Crippen LogP contribution in [0.15, 0.2) is 0 Å². The molecular weight excluding hydrogens is 162 g/mol. The molecule has 0 atom stereocenters. The van der Waals surface area contributed by atoms with Crippen LogP contribution >= 0.6 is 11.6 Å². The van der Waals surface area contributed by atoms with Gasteiger partial charge in [-0.1, -0.05) is 0 Å². The van der Waals surface area contributed by atoms with E-state index in [0.29, 0.717) is 5.28 Å². The zero-order valence-electron chi connectivity index (χ0n) is 6.42. The van der Waals surface area contributed by atoms with E-state index in [9.17, 15) is 0 Å². The molecule has 60 valence electrons. The Morgan fingerprint density at radius 2 is 2.36 bits per heavy atom. The van der Waals surface area contributed by atoms with Crippen molar-refractivity contribution in [3.8, 4) is 0 Å². The predicted molar refractivity (Wildman–Crippen MR) is 42.5 cm³/mol. The van der Waals surface area contributed by atoms with Crippen LogP contribution in [0.1, 0.15) is 18.7 Å². The molecule has 1 aromatic heterocycles. The molecule has 0 bridgehead atoms. The standard InChI is InChI=1S/C7H10ClN3/c1-5-9-7(8)10-11(5)4-6-2-3-6/h6H,2-4H2,1H3. The van der Waals surface area contributed by atoms with Gasteiger partial charge >= 0.3 is 0 Å². The van der Waals surface area contributed by atoms with E-state index >= 15 is 0 Å². The number of aryl methyl sites for hydroxylation is 1. The Kier molecular flexibility index (Phi) is 1.60. The molecule has 0 amide bonds. The molecule has 4 heteroatoms. The van der Waals surface area contributed by atoms with Crippen molar-refractivity contribution in [2.24, 2.45) is 5.92 Å². The summed E-state index contributed by atoms with van der Waals surface area (Å²) in [6.07, 6.45) is 2.66. The minimum Gasteiger partial charge on any atom is -0.249 e. The first kappa shape index (κ1) is 7.10. The highest BCUT2D eigenvalue weighted by atomic mass is 35.5. The van der Waals surface area contributed by atoms with Gasteiger partial charge in [0, 0.05) is 6.54 Å². The fourth-order valence-electron chi connectivity index (χ4n) is 1.10. The van der Waals surface area contributed by atoms with Gasteiger partial charge in [0.05, 0.1) is 0 Å². The van der Waals surface area contributed by atoms with E-state index in [1.165, 1.54) is 12.8 Å². The molecule has 0 radical (unpaired) electrons. The van der Waals surface area contributed by atoms with E-state index in [0.717, 1.165) is 18.3 Å². The Bertz CT molecular complexity index is 265. The van der Waals surface area contributed by atoms with Gasteiger partial charge in [-0.15, -0.1) is 5.10 Å². The topological polar surface area (TPSA) is 30.7 Å². The molecule has 1 aliphatic carbocycles. The molecule has 1 heterocycles. The normalized spacial score (nSPS) is 17.3. The number of halogens is 1. The van der Waals surface area contributed by atoms with Gasteiger partial charge in [0.1, 0.15) is 5.82 Å². The van der Waals surface area contributed by atoms with Gasteiger partial charge in [-0.25, -0.2) is 9.67 Å². The van der Waals surface area contributed by atoms with Crippen molar-refractivity contribution in [3.63, 3.8) is 0 Å². The molecule has 3 nitrogen and oxygen atoms in total. The summed E-state index contributed by atoms with van der Waals surface area (Å²) in [7, 11) is 0. The second-order valence-electron chi connectivity index (χ2n) is 3.05. The number of rotatable bonds is 2. The van der Waals surface area contributed by atoms with Crippen LogP contribution in [0.25, 0.3) is 0 Å². The van der Waals surface area contributed by atoms with Crippen molar-refractivity contribution >= 4 is 11.6 Å². The largest absolute Gasteiger partial charge is 0.249 e. The van der Waals surface area contributed by atoms with Gasteiger partial charge in [-0.05, 0) is 37.3 Å². The van der Waals surface area contributed by atoms with Crippen LogP contribution in [0.4, 0.5) is 0 Å². The van der Waals surface area contributed by atoms with Crippen molar-refractivity contribution in [3.05, 3.63) is 11.1 Å². The summed E-state index contributed by atoms with van der Waals surface area (Å²) in [4.78, 5) is 4.01. The van der Waals surface area contributed by atoms with Crippen LogP contribution in [0.5, 0.6) is 0 Å². The molecular formula is C7H10ClN3. The SMILES string of the molecule is Cc1nc(Cl)nn1CC1CC1. The Morgan fingerprint density at radius 3 is 2.82 bits per heavy atom. The number of hydrogen-bond donors (Lipinski definition) is 0. The monoisotopic (exact) mass is 171 g/mol. The van der Waals surface area contributed by atoms with Crippen LogP contribution < -0.4 is 0 Å². The second kappa shape index (κ2) is 2.48. The fraction of sp³-hybridized carbons (Fsp3) is 0.714. The van der Waals surface area contributed by atoms with E-state index in [4.69, 9.17) is 11.6 Å². The fourth-order valence-corrected chi connectivity index (χ4v) is 1.32. The van der Waals surface area contributed by atoms with Gasteiger partial charge in [0.25, 0.3) is 0 Å². The Balaban J connectivity index is 2.14. The third-order valence-electron chi connectivity index (χ3n) is 1.96. The molecule has 0 aromatic carbocycles. The average molecular weight is 172 g/mol. The lowest BCUT2D eigenvalue weighted by Crippen LogP contribution is -2.03. The first-order valence-corrected chi connectivity index (χ1v) is 4.20. The minimum absolute atomic E-state index is 0.364. The summed E-state index contributed by atoms with van der Waals surface area (Å²) in [5.74, 6) is 1.74. The zero-order chi connectivity index (χ0) is 7.84. The maximum absolute atomic E-state index is 5.63. The van der Waals surface area contributed by atoms with Crippen LogP contribution in [-0.2, 0) is 6.54 Å². The maximum atomic E-state index is 5.63. The summed E-state index contributed by atoms with van der Waals surface area (Å²) >= 11 is 5.63. The lowest BCUT2D eigenvalue weighted by Gasteiger charge is -1.98. The van der Waals surface area contributed by atoms with Crippen molar-refractivity contribution in [2.75, 3.05) is 0 Å². The Hall–Kier alpha value is -0.570. The molecule has 1 aromatic rings. The Morgan fingerprint density at radius 1 is 1.64 bits per heavy atom. The minimum atomic E-state index is 0.364. The molecule has 1 fully saturated rings. The molecule has 0 spiro atoms. The second-order valence-corrected chi connectivity index (χ2v) is 3.39. The van der Waals surface area contributed by atoms with Crippen molar-refractivity contribution in [1.82, 2.24) is 14.8 Å². The number of nitrogens with zero attached hydrogens (tertiary/aromatic N) is 3. The molecule has 1 aliphatic rings. The molecule has 0 aliphatic heterocycles. The number of hydrogen-bond acceptors (Lipinski definition) is 2. The Labute approximate surface area is 70.4 Å². The van der Waals surface area contributed by atoms with Crippen LogP contribution in [0.3, 0.4) is 0 Å². The highest BCUT2D eigenvalue weighted by Crippen LogP contribution is 2.30. The third kappa shape index (κ3) is 1.53. The number of aromatic nitrogens is 3. The average Bonchev–Trinajstić information content (AvgIpc) is 2.64. The summed E-state index contributed by atoms with van der Waals surface area (Å²) in [6.45, 7) is 2.92. The third-order valence-corrected chi connectivity index (χ3v) is 2.12. The van der Waals surface area contributed by atoms with Gasteiger partial charge in [-0.2, -0.15) is 0 Å². The molecule has 0 unspecified atom stereocenters. The maximum Gasteiger partial charge on any atom is 0.242 e. The van der Waals surface area contributed by atoms with E-state index in [1.54, 1.807) is 0 Å². The van der Waals surface area contributed by atoms with Crippen molar-refractivity contribution in [1.29, 1.82) is 0 Å². The lowest BCUT2D eigenvalue weighted by molar-refractivity contribution is 0.547. The van der Waals surface area contributed by atoms with Crippen LogP contribution in [-0.4, -0.2) is 14.8 Å². The highest BCUT2D eigenvalue weighted by molar-refractivity contribution is 6.28. The summed E-state index contributed by atoms with van der Waals surface area (Å²) < 4.78 is 1.89. The van der Waals surface area contributed by atoms with E-state index < -0.39 is 0 Å². The van der Waals surface area contributed by atoms with Gasteiger partial charge in [0.15, 0.2) is 0 Å². The highest BCUT2D eigenvalue weighted by Gasteiger charge is 2.22. The molecule has 11 heavy (non-hydrogen) atoms. The molecule has 0 saturated heterocycles. The zero-order valence-corrected chi connectivity index (χ0v) is 7.17. The van der Waals surface area contributed by atoms with Crippen molar-refractivity contribution in [2.45, 2.75) is 26.3 Å². The van der Waals surface area contributed by atoms with Crippen LogP contribution in [0.2, 0.25) is 5.28 Å². The van der Waals surface area contributed by atoms with Gasteiger partial charge < -0.3 is 0 Å². The lowest BCUT2D eigenvalue weighted by atomic mass is 10.4. The van der Waals surface area contributed by atoms with E-state index in [2.05, 4.69) is 10.1 Å². The predicted octanol–water partition coefficient (Wildman–Crippen LogP) is 1.65. The smallest absolute Gasteiger partial charge is 0.242 e. The summed E-state index contributed by atoms with van der Waals surface area (Å²) in [5.41, 5.74) is 0. The molecule has 2 rings (SSSR count). The van der Waals surface area contributed by atoms with Crippen molar-refractivity contribution < 1.29 is 0 Å². The first-order chi connectivity index (χ1) is 5.25. The van der Waals surface area contributed by atoms with E-state index in [1.807, 2.05) is 11.6 Å². The van der Waals surface area contributed by atoms with Crippen LogP contribution in [0, 0.1) is 12.8 Å². The van der Waals surface area contributed by atoms with Gasteiger partial charge in [-0.3, -0.25) is 0 Å². The molecule has 0 N–H and O–H groups in total. The van der Waals surface area contributed by atoms with E-state index in [-0.39, 0.29) is 0 Å². The molecule has 1 saturated carbocycles. The van der Waals surface area contributed by atoms with Gasteiger partial charge in [0.2, 0.25) is 5.28 Å². The first-order valence-electron chi connectivity index (χ1n) is 3.82. The quantitative estimate of drug-likeness (QED) is 0.678. The summed E-state index contributed by atoms with van der Waals surface area (Å²) in [6, 6.07) is 0. The summed E-state index contributed by atoms with van der Waals surface area (Å²) in [5, 5.41) is 4.43.